The molecule has 5 nitrogen and oxygen atoms in total. The zero-order valence-corrected chi connectivity index (χ0v) is 10.1. The summed E-state index contributed by atoms with van der Waals surface area (Å²) in [5, 5.41) is 8.77. The van der Waals surface area contributed by atoms with Crippen molar-refractivity contribution in [2.24, 2.45) is 5.92 Å². The van der Waals surface area contributed by atoms with Crippen molar-refractivity contribution in [3.8, 4) is 0 Å². The van der Waals surface area contributed by atoms with E-state index in [1.807, 2.05) is 13.8 Å². The molecular weight excluding hydrogens is 208 g/mol. The van der Waals surface area contributed by atoms with E-state index in [0.29, 0.717) is 12.6 Å². The van der Waals surface area contributed by atoms with Gasteiger partial charge in [-0.2, -0.15) is 0 Å². The molecule has 1 rings (SSSR count). The van der Waals surface area contributed by atoms with E-state index >= 15 is 0 Å². The Bertz CT molecular complexity index is 274. The first-order valence-electron chi connectivity index (χ1n) is 5.65. The number of carbonyl (C=O) groups excluding carboxylic acids is 1. The van der Waals surface area contributed by atoms with Crippen LogP contribution in [-0.4, -0.2) is 53.1 Å². The minimum Gasteiger partial charge on any atom is -0.480 e. The lowest BCUT2D eigenvalue weighted by molar-refractivity contribution is -0.137. The van der Waals surface area contributed by atoms with Crippen LogP contribution in [0.15, 0.2) is 0 Å². The standard InChI is InChI=1S/C11H20N2O3/c1-8(2)6-13(7-10(14)15)11(16)12(3)9-4-5-9/h8-9H,4-7H2,1-3H3,(H,14,15). The van der Waals surface area contributed by atoms with Gasteiger partial charge in [0.05, 0.1) is 0 Å². The molecular formula is C11H20N2O3. The molecule has 5 heteroatoms. The van der Waals surface area contributed by atoms with Crippen LogP contribution in [0.3, 0.4) is 0 Å². The Morgan fingerprint density at radius 2 is 1.94 bits per heavy atom. The van der Waals surface area contributed by atoms with Crippen molar-refractivity contribution in [1.82, 2.24) is 9.80 Å². The normalized spacial score (nSPS) is 15.0. The number of amides is 2. The third-order valence-electron chi connectivity index (χ3n) is 2.58. The van der Waals surface area contributed by atoms with Gasteiger partial charge in [-0.25, -0.2) is 4.79 Å². The van der Waals surface area contributed by atoms with Gasteiger partial charge in [-0.15, -0.1) is 0 Å². The van der Waals surface area contributed by atoms with Gasteiger partial charge in [0.25, 0.3) is 0 Å². The first-order chi connectivity index (χ1) is 7.41. The molecule has 0 bridgehead atoms. The maximum atomic E-state index is 12.0. The highest BCUT2D eigenvalue weighted by Crippen LogP contribution is 2.26. The number of rotatable bonds is 5. The molecule has 1 N–H and O–H groups in total. The zero-order chi connectivity index (χ0) is 12.3. The first-order valence-corrected chi connectivity index (χ1v) is 5.65. The lowest BCUT2D eigenvalue weighted by Crippen LogP contribution is -2.46. The summed E-state index contributed by atoms with van der Waals surface area (Å²) in [6, 6.07) is 0.148. The highest BCUT2D eigenvalue weighted by atomic mass is 16.4. The molecule has 1 aliphatic rings. The van der Waals surface area contributed by atoms with Crippen LogP contribution in [0, 0.1) is 5.92 Å². The number of carbonyl (C=O) groups is 2. The average molecular weight is 228 g/mol. The second kappa shape index (κ2) is 5.18. The van der Waals surface area contributed by atoms with Crippen LogP contribution in [0.25, 0.3) is 0 Å². The third kappa shape index (κ3) is 3.72. The first kappa shape index (κ1) is 12.8. The predicted molar refractivity (Wildman–Crippen MR) is 60.2 cm³/mol. The maximum absolute atomic E-state index is 12.0. The molecule has 0 spiro atoms. The summed E-state index contributed by atoms with van der Waals surface area (Å²) in [7, 11) is 1.75. The number of hydrogen-bond donors (Lipinski definition) is 1. The molecule has 92 valence electrons. The SMILES string of the molecule is CC(C)CN(CC(=O)O)C(=O)N(C)C1CC1. The fraction of sp³-hybridized carbons (Fsp3) is 0.818. The van der Waals surface area contributed by atoms with E-state index in [9.17, 15) is 9.59 Å². The zero-order valence-electron chi connectivity index (χ0n) is 10.1. The van der Waals surface area contributed by atoms with E-state index in [1.54, 1.807) is 11.9 Å². The van der Waals surface area contributed by atoms with E-state index in [-0.39, 0.29) is 18.5 Å². The molecule has 0 aromatic carbocycles. The topological polar surface area (TPSA) is 60.9 Å². The predicted octanol–water partition coefficient (Wildman–Crippen LogP) is 1.24. The third-order valence-corrected chi connectivity index (χ3v) is 2.58. The lowest BCUT2D eigenvalue weighted by Gasteiger charge is -2.28. The molecule has 1 aliphatic carbocycles. The van der Waals surface area contributed by atoms with Gasteiger partial charge in [0.15, 0.2) is 0 Å². The van der Waals surface area contributed by atoms with E-state index in [1.165, 1.54) is 4.90 Å². The number of hydrogen-bond acceptors (Lipinski definition) is 2. The van der Waals surface area contributed by atoms with Crippen LogP contribution in [0.1, 0.15) is 26.7 Å². The highest BCUT2D eigenvalue weighted by Gasteiger charge is 2.32. The summed E-state index contributed by atoms with van der Waals surface area (Å²) in [6.07, 6.45) is 2.07. The van der Waals surface area contributed by atoms with Crippen LogP contribution in [0.5, 0.6) is 0 Å². The second-order valence-corrected chi connectivity index (χ2v) is 4.79. The Balaban J connectivity index is 2.58. The van der Waals surface area contributed by atoms with Crippen molar-refractivity contribution >= 4 is 12.0 Å². The quantitative estimate of drug-likeness (QED) is 0.770. The van der Waals surface area contributed by atoms with Crippen molar-refractivity contribution in [2.75, 3.05) is 20.1 Å². The summed E-state index contributed by atoms with van der Waals surface area (Å²) in [6.45, 7) is 4.22. The summed E-state index contributed by atoms with van der Waals surface area (Å²) in [4.78, 5) is 25.7. The van der Waals surface area contributed by atoms with Gasteiger partial charge in [-0.1, -0.05) is 13.8 Å². The Hall–Kier alpha value is -1.26. The second-order valence-electron chi connectivity index (χ2n) is 4.79. The number of aliphatic carboxylic acids is 1. The molecule has 1 fully saturated rings. The van der Waals surface area contributed by atoms with Gasteiger partial charge in [0, 0.05) is 19.6 Å². The van der Waals surface area contributed by atoms with E-state index in [4.69, 9.17) is 5.11 Å². The number of nitrogens with zero attached hydrogens (tertiary/aromatic N) is 2. The van der Waals surface area contributed by atoms with E-state index in [2.05, 4.69) is 0 Å². The number of urea groups is 1. The molecule has 0 aliphatic heterocycles. The van der Waals surface area contributed by atoms with Gasteiger partial charge in [0.2, 0.25) is 0 Å². The van der Waals surface area contributed by atoms with Crippen LogP contribution in [-0.2, 0) is 4.79 Å². The van der Waals surface area contributed by atoms with E-state index < -0.39 is 5.97 Å². The van der Waals surface area contributed by atoms with Gasteiger partial charge < -0.3 is 14.9 Å². The number of carboxylic acid groups (broad SMARTS) is 1. The molecule has 2 amide bonds. The molecule has 0 heterocycles. The van der Waals surface area contributed by atoms with Crippen LogP contribution >= 0.6 is 0 Å². The Labute approximate surface area is 96.0 Å². The minimum atomic E-state index is -0.960. The molecule has 0 atom stereocenters. The van der Waals surface area contributed by atoms with Crippen molar-refractivity contribution in [2.45, 2.75) is 32.7 Å². The molecule has 0 aromatic rings. The largest absolute Gasteiger partial charge is 0.480 e. The maximum Gasteiger partial charge on any atom is 0.323 e. The number of carboxylic acids is 1. The van der Waals surface area contributed by atoms with Crippen molar-refractivity contribution in [3.05, 3.63) is 0 Å². The Morgan fingerprint density at radius 3 is 2.31 bits per heavy atom. The Kier molecular flexibility index (Phi) is 4.15. The Morgan fingerprint density at radius 1 is 1.38 bits per heavy atom. The fourth-order valence-corrected chi connectivity index (χ4v) is 1.66. The van der Waals surface area contributed by atoms with Crippen molar-refractivity contribution < 1.29 is 14.7 Å². The summed E-state index contributed by atoms with van der Waals surface area (Å²) in [5.74, 6) is -0.686. The molecule has 0 saturated heterocycles. The van der Waals surface area contributed by atoms with Gasteiger partial charge in [-0.3, -0.25) is 4.79 Å². The van der Waals surface area contributed by atoms with Crippen molar-refractivity contribution in [1.29, 1.82) is 0 Å². The summed E-state index contributed by atoms with van der Waals surface area (Å²) < 4.78 is 0. The van der Waals surface area contributed by atoms with E-state index in [0.717, 1.165) is 12.8 Å². The lowest BCUT2D eigenvalue weighted by atomic mass is 10.2. The molecule has 0 radical (unpaired) electrons. The van der Waals surface area contributed by atoms with Gasteiger partial charge in [-0.05, 0) is 18.8 Å². The molecule has 0 unspecified atom stereocenters. The molecule has 1 saturated carbocycles. The van der Waals surface area contributed by atoms with Crippen LogP contribution in [0.2, 0.25) is 0 Å². The molecule has 16 heavy (non-hydrogen) atoms. The van der Waals surface area contributed by atoms with Gasteiger partial charge >= 0.3 is 12.0 Å². The average Bonchev–Trinajstić information content (AvgIpc) is 2.96. The van der Waals surface area contributed by atoms with Gasteiger partial charge in [0.1, 0.15) is 6.54 Å². The smallest absolute Gasteiger partial charge is 0.323 e. The highest BCUT2D eigenvalue weighted by molar-refractivity contribution is 5.80. The van der Waals surface area contributed by atoms with Crippen molar-refractivity contribution in [3.63, 3.8) is 0 Å². The minimum absolute atomic E-state index is 0.168. The van der Waals surface area contributed by atoms with Crippen LogP contribution in [0.4, 0.5) is 4.79 Å². The molecule has 0 aromatic heterocycles. The van der Waals surface area contributed by atoms with Crippen LogP contribution < -0.4 is 0 Å². The summed E-state index contributed by atoms with van der Waals surface area (Å²) in [5.41, 5.74) is 0. The monoisotopic (exact) mass is 228 g/mol. The summed E-state index contributed by atoms with van der Waals surface area (Å²) >= 11 is 0. The fourth-order valence-electron chi connectivity index (χ4n) is 1.66.